The molecule has 2 aromatic carbocycles. The third kappa shape index (κ3) is 5.73. The fraction of sp³-hybridized carbons (Fsp3) is 0.480. The predicted molar refractivity (Wildman–Crippen MR) is 128 cm³/mol. The quantitative estimate of drug-likeness (QED) is 0.661. The lowest BCUT2D eigenvalue weighted by Crippen LogP contribution is -2.38. The zero-order valence-electron chi connectivity index (χ0n) is 18.9. The maximum Gasteiger partial charge on any atom is 0.251 e. The summed E-state index contributed by atoms with van der Waals surface area (Å²) >= 11 is 0. The topological polar surface area (TPSA) is 69.7 Å². The van der Waals surface area contributed by atoms with E-state index in [0.717, 1.165) is 57.2 Å². The van der Waals surface area contributed by atoms with Gasteiger partial charge < -0.3 is 10.2 Å². The Morgan fingerprint density at radius 1 is 0.909 bits per heavy atom. The van der Waals surface area contributed by atoms with Crippen LogP contribution >= 0.6 is 0 Å². The lowest BCUT2D eigenvalue weighted by molar-refractivity contribution is 0.0954. The van der Waals surface area contributed by atoms with Crippen LogP contribution in [0.4, 0.5) is 10.1 Å². The monoisotopic (exact) mass is 473 g/mol. The lowest BCUT2D eigenvalue weighted by atomic mass is 10.1. The van der Waals surface area contributed by atoms with Crippen molar-refractivity contribution < 1.29 is 17.6 Å². The third-order valence-electron chi connectivity index (χ3n) is 6.44. The molecule has 0 aliphatic carbocycles. The Labute approximate surface area is 195 Å². The van der Waals surface area contributed by atoms with E-state index in [0.29, 0.717) is 37.3 Å². The Morgan fingerprint density at radius 2 is 1.61 bits per heavy atom. The van der Waals surface area contributed by atoms with E-state index in [2.05, 4.69) is 10.2 Å². The number of sulfonamides is 1. The molecule has 0 saturated carbocycles. The lowest BCUT2D eigenvalue weighted by Gasteiger charge is -2.33. The second-order valence-corrected chi connectivity index (χ2v) is 10.7. The summed E-state index contributed by atoms with van der Waals surface area (Å²) in [6.07, 6.45) is 6.47. The van der Waals surface area contributed by atoms with E-state index < -0.39 is 10.0 Å². The third-order valence-corrected chi connectivity index (χ3v) is 8.37. The summed E-state index contributed by atoms with van der Waals surface area (Å²) in [5.74, 6) is -0.633. The zero-order chi connectivity index (χ0) is 23.3. The average Bonchev–Trinajstić information content (AvgIpc) is 2.85. The molecule has 2 aromatic rings. The molecular weight excluding hydrogens is 441 g/mol. The van der Waals surface area contributed by atoms with E-state index in [9.17, 15) is 17.6 Å². The van der Waals surface area contributed by atoms with Gasteiger partial charge in [0.15, 0.2) is 0 Å². The Kier molecular flexibility index (Phi) is 7.65. The van der Waals surface area contributed by atoms with Gasteiger partial charge in [-0.25, -0.2) is 12.8 Å². The standard InChI is InChI=1S/C25H32FN3O3S/c26-22-9-7-8-20(18-22)12-13-27-25(30)21-10-11-23(28-14-3-1-4-15-28)24(19-21)33(31,32)29-16-5-2-6-17-29/h7-11,18-19H,1-6,12-17H2,(H,27,30). The molecule has 2 saturated heterocycles. The molecule has 0 aromatic heterocycles. The van der Waals surface area contributed by atoms with Gasteiger partial charge in [-0.05, 0) is 74.4 Å². The van der Waals surface area contributed by atoms with Crippen molar-refractivity contribution in [1.82, 2.24) is 9.62 Å². The fourth-order valence-electron chi connectivity index (χ4n) is 4.62. The summed E-state index contributed by atoms with van der Waals surface area (Å²) in [5, 5.41) is 2.84. The molecule has 2 aliphatic rings. The van der Waals surface area contributed by atoms with Crippen molar-refractivity contribution in [3.63, 3.8) is 0 Å². The first-order valence-corrected chi connectivity index (χ1v) is 13.3. The highest BCUT2D eigenvalue weighted by Crippen LogP contribution is 2.32. The number of nitrogens with one attached hydrogen (secondary N) is 1. The van der Waals surface area contributed by atoms with E-state index in [1.807, 2.05) is 6.07 Å². The number of hydrogen-bond acceptors (Lipinski definition) is 4. The van der Waals surface area contributed by atoms with Crippen molar-refractivity contribution >= 4 is 21.6 Å². The number of piperidine rings is 2. The van der Waals surface area contributed by atoms with E-state index in [1.54, 1.807) is 22.5 Å². The van der Waals surface area contributed by atoms with E-state index in [-0.39, 0.29) is 16.6 Å². The highest BCUT2D eigenvalue weighted by atomic mass is 32.2. The van der Waals surface area contributed by atoms with Gasteiger partial charge in [-0.1, -0.05) is 18.6 Å². The van der Waals surface area contributed by atoms with Gasteiger partial charge in [0.1, 0.15) is 10.7 Å². The van der Waals surface area contributed by atoms with E-state index in [1.165, 1.54) is 18.2 Å². The average molecular weight is 474 g/mol. The van der Waals surface area contributed by atoms with Crippen LogP contribution in [0.5, 0.6) is 0 Å². The number of amides is 1. The van der Waals surface area contributed by atoms with Crippen LogP contribution in [0.2, 0.25) is 0 Å². The van der Waals surface area contributed by atoms with Crippen LogP contribution in [0.25, 0.3) is 0 Å². The molecule has 6 nitrogen and oxygen atoms in total. The molecule has 0 bridgehead atoms. The maximum atomic E-state index is 13.6. The molecule has 0 atom stereocenters. The predicted octanol–water partition coefficient (Wildman–Crippen LogP) is 3.96. The number of carbonyl (C=O) groups excluding carboxylic acids is 1. The summed E-state index contributed by atoms with van der Waals surface area (Å²) in [7, 11) is -3.70. The number of rotatable bonds is 7. The molecule has 0 unspecified atom stereocenters. The van der Waals surface area contributed by atoms with Crippen molar-refractivity contribution in [1.29, 1.82) is 0 Å². The maximum absolute atomic E-state index is 13.6. The summed E-state index contributed by atoms with van der Waals surface area (Å²) in [5.41, 5.74) is 1.81. The first-order valence-electron chi connectivity index (χ1n) is 11.9. The van der Waals surface area contributed by atoms with Gasteiger partial charge in [0.25, 0.3) is 5.91 Å². The van der Waals surface area contributed by atoms with Gasteiger partial charge in [0, 0.05) is 38.3 Å². The number of anilines is 1. The molecule has 8 heteroatoms. The molecule has 0 radical (unpaired) electrons. The largest absolute Gasteiger partial charge is 0.370 e. The first-order chi connectivity index (χ1) is 15.9. The summed E-state index contributed by atoms with van der Waals surface area (Å²) in [6.45, 7) is 3.02. The number of carbonyl (C=O) groups is 1. The number of hydrogen-bond donors (Lipinski definition) is 1. The van der Waals surface area contributed by atoms with Crippen molar-refractivity contribution in [3.05, 3.63) is 59.4 Å². The molecule has 4 rings (SSSR count). The van der Waals surface area contributed by atoms with Crippen LogP contribution in [0.3, 0.4) is 0 Å². The molecule has 2 fully saturated rings. The number of benzene rings is 2. The molecule has 1 amide bonds. The number of halogens is 1. The van der Waals surface area contributed by atoms with Crippen LogP contribution in [0, 0.1) is 5.82 Å². The fourth-order valence-corrected chi connectivity index (χ4v) is 6.37. The smallest absolute Gasteiger partial charge is 0.251 e. The summed E-state index contributed by atoms with van der Waals surface area (Å²) < 4.78 is 42.1. The molecule has 2 aliphatic heterocycles. The Balaban J connectivity index is 1.55. The molecule has 178 valence electrons. The Morgan fingerprint density at radius 3 is 2.30 bits per heavy atom. The van der Waals surface area contributed by atoms with Crippen LogP contribution in [-0.2, 0) is 16.4 Å². The molecule has 0 spiro atoms. The van der Waals surface area contributed by atoms with E-state index in [4.69, 9.17) is 0 Å². The SMILES string of the molecule is O=C(NCCc1cccc(F)c1)c1ccc(N2CCCCC2)c(S(=O)(=O)N2CCCCC2)c1. The van der Waals surface area contributed by atoms with Gasteiger partial charge in [0.05, 0.1) is 5.69 Å². The van der Waals surface area contributed by atoms with Gasteiger partial charge in [-0.15, -0.1) is 0 Å². The van der Waals surface area contributed by atoms with Gasteiger partial charge in [0.2, 0.25) is 10.0 Å². The van der Waals surface area contributed by atoms with Crippen molar-refractivity contribution in [3.8, 4) is 0 Å². The minimum Gasteiger partial charge on any atom is -0.370 e. The van der Waals surface area contributed by atoms with Crippen molar-refractivity contribution in [2.24, 2.45) is 0 Å². The van der Waals surface area contributed by atoms with Gasteiger partial charge >= 0.3 is 0 Å². The van der Waals surface area contributed by atoms with Crippen LogP contribution < -0.4 is 10.2 Å². The van der Waals surface area contributed by atoms with Crippen molar-refractivity contribution in [2.45, 2.75) is 49.8 Å². The first kappa shape index (κ1) is 23.7. The van der Waals surface area contributed by atoms with Crippen LogP contribution in [0.15, 0.2) is 47.4 Å². The molecular formula is C25H32FN3O3S. The number of nitrogens with zero attached hydrogens (tertiary/aromatic N) is 2. The van der Waals surface area contributed by atoms with Crippen LogP contribution in [0.1, 0.15) is 54.4 Å². The second kappa shape index (κ2) is 10.7. The van der Waals surface area contributed by atoms with E-state index >= 15 is 0 Å². The second-order valence-electron chi connectivity index (χ2n) is 8.83. The summed E-state index contributed by atoms with van der Waals surface area (Å²) in [6, 6.07) is 11.3. The normalized spacial score (nSPS) is 17.7. The summed E-state index contributed by atoms with van der Waals surface area (Å²) in [4.78, 5) is 15.2. The molecule has 2 heterocycles. The Hall–Kier alpha value is -2.45. The van der Waals surface area contributed by atoms with Crippen molar-refractivity contribution in [2.75, 3.05) is 37.6 Å². The minimum absolute atomic E-state index is 0.226. The molecule has 33 heavy (non-hydrogen) atoms. The molecule has 1 N–H and O–H groups in total. The van der Waals surface area contributed by atoms with Crippen LogP contribution in [-0.4, -0.2) is 51.4 Å². The van der Waals surface area contributed by atoms with Gasteiger partial charge in [-0.2, -0.15) is 4.31 Å². The highest BCUT2D eigenvalue weighted by molar-refractivity contribution is 7.89. The zero-order valence-corrected chi connectivity index (χ0v) is 19.7. The Bertz CT molecular complexity index is 1080. The van der Waals surface area contributed by atoms with Gasteiger partial charge in [-0.3, -0.25) is 4.79 Å². The highest BCUT2D eigenvalue weighted by Gasteiger charge is 2.31. The minimum atomic E-state index is -3.70.